The highest BCUT2D eigenvalue weighted by atomic mass is 15.2. The van der Waals surface area contributed by atoms with Gasteiger partial charge in [-0.05, 0) is 26.2 Å². The summed E-state index contributed by atoms with van der Waals surface area (Å²) in [6, 6.07) is 0.518. The Hall–Kier alpha value is -0.530. The molecule has 0 saturated heterocycles. The van der Waals surface area contributed by atoms with Gasteiger partial charge in [0.2, 0.25) is 0 Å². The summed E-state index contributed by atoms with van der Waals surface area (Å²) in [5.41, 5.74) is 0. The minimum atomic E-state index is 0.518. The van der Waals surface area contributed by atoms with Crippen LogP contribution in [-0.2, 0) is 0 Å². The predicted molar refractivity (Wildman–Crippen MR) is 61.8 cm³/mol. The fourth-order valence-corrected chi connectivity index (χ4v) is 2.18. The third-order valence-electron chi connectivity index (χ3n) is 3.62. The van der Waals surface area contributed by atoms with Gasteiger partial charge in [0.1, 0.15) is 0 Å². The molecule has 2 heteroatoms. The van der Waals surface area contributed by atoms with Crippen LogP contribution in [0.1, 0.15) is 52.4 Å². The van der Waals surface area contributed by atoms with E-state index in [1.807, 2.05) is 0 Å². The SMILES string of the molecule is CCC(C)N(C)C(=N)C1CCCCC1. The number of nitrogens with zero attached hydrogens (tertiary/aromatic N) is 1. The van der Waals surface area contributed by atoms with Gasteiger partial charge in [-0.15, -0.1) is 0 Å². The minimum absolute atomic E-state index is 0.518. The smallest absolute Gasteiger partial charge is 0.0989 e. The first-order chi connectivity index (χ1) is 6.66. The molecule has 1 saturated carbocycles. The van der Waals surface area contributed by atoms with Gasteiger partial charge in [-0.1, -0.05) is 26.2 Å². The highest BCUT2D eigenvalue weighted by molar-refractivity contribution is 5.81. The summed E-state index contributed by atoms with van der Waals surface area (Å²) >= 11 is 0. The topological polar surface area (TPSA) is 27.1 Å². The molecule has 0 amide bonds. The predicted octanol–water partition coefficient (Wildman–Crippen LogP) is 3.27. The summed E-state index contributed by atoms with van der Waals surface area (Å²) in [4.78, 5) is 2.16. The lowest BCUT2D eigenvalue weighted by Gasteiger charge is -2.32. The summed E-state index contributed by atoms with van der Waals surface area (Å²) in [5.74, 6) is 1.42. The summed E-state index contributed by atoms with van der Waals surface area (Å²) in [6.07, 6.45) is 7.62. The van der Waals surface area contributed by atoms with Crippen molar-refractivity contribution in [3.05, 3.63) is 0 Å². The van der Waals surface area contributed by atoms with Crippen molar-refractivity contribution in [2.45, 2.75) is 58.4 Å². The Balaban J connectivity index is 2.46. The molecule has 1 fully saturated rings. The molecule has 1 aliphatic carbocycles. The zero-order chi connectivity index (χ0) is 10.6. The number of rotatable bonds is 3. The second-order valence-corrected chi connectivity index (χ2v) is 4.59. The molecule has 0 radical (unpaired) electrons. The van der Waals surface area contributed by atoms with Crippen molar-refractivity contribution >= 4 is 5.84 Å². The molecular formula is C12H24N2. The Kier molecular flexibility index (Phi) is 4.43. The van der Waals surface area contributed by atoms with Crippen molar-refractivity contribution in [2.75, 3.05) is 7.05 Å². The molecule has 14 heavy (non-hydrogen) atoms. The van der Waals surface area contributed by atoms with Crippen LogP contribution < -0.4 is 0 Å². The normalized spacial score (nSPS) is 20.5. The highest BCUT2D eigenvalue weighted by Crippen LogP contribution is 2.25. The molecule has 2 nitrogen and oxygen atoms in total. The number of amidine groups is 1. The molecular weight excluding hydrogens is 172 g/mol. The third-order valence-corrected chi connectivity index (χ3v) is 3.62. The van der Waals surface area contributed by atoms with Crippen molar-refractivity contribution in [2.24, 2.45) is 5.92 Å². The molecule has 0 aromatic heterocycles. The molecule has 1 aliphatic rings. The number of hydrogen-bond donors (Lipinski definition) is 1. The van der Waals surface area contributed by atoms with E-state index in [-0.39, 0.29) is 0 Å². The molecule has 1 atom stereocenters. The average molecular weight is 196 g/mol. The Morgan fingerprint density at radius 3 is 2.43 bits per heavy atom. The molecule has 0 bridgehead atoms. The molecule has 0 spiro atoms. The van der Waals surface area contributed by atoms with Gasteiger partial charge < -0.3 is 4.90 Å². The molecule has 0 aromatic rings. The summed E-state index contributed by atoms with van der Waals surface area (Å²) in [7, 11) is 2.07. The molecule has 0 heterocycles. The van der Waals surface area contributed by atoms with Crippen LogP contribution in [0.15, 0.2) is 0 Å². The quantitative estimate of drug-likeness (QED) is 0.544. The van der Waals surface area contributed by atoms with E-state index in [0.717, 1.165) is 12.3 Å². The van der Waals surface area contributed by atoms with Gasteiger partial charge in [-0.3, -0.25) is 5.41 Å². The molecule has 0 aliphatic heterocycles. The van der Waals surface area contributed by atoms with E-state index >= 15 is 0 Å². The van der Waals surface area contributed by atoms with E-state index in [9.17, 15) is 0 Å². The lowest BCUT2D eigenvalue weighted by atomic mass is 9.87. The number of hydrogen-bond acceptors (Lipinski definition) is 1. The van der Waals surface area contributed by atoms with Crippen molar-refractivity contribution in [3.8, 4) is 0 Å². The van der Waals surface area contributed by atoms with Crippen LogP contribution in [-0.4, -0.2) is 23.8 Å². The fourth-order valence-electron chi connectivity index (χ4n) is 2.18. The first-order valence-corrected chi connectivity index (χ1v) is 5.98. The molecule has 82 valence electrons. The van der Waals surface area contributed by atoms with E-state index in [2.05, 4.69) is 25.8 Å². The van der Waals surface area contributed by atoms with Crippen LogP contribution in [0.25, 0.3) is 0 Å². The lowest BCUT2D eigenvalue weighted by Crippen LogP contribution is -2.39. The Labute approximate surface area is 88.2 Å². The van der Waals surface area contributed by atoms with Gasteiger partial charge in [0.05, 0.1) is 5.84 Å². The maximum Gasteiger partial charge on any atom is 0.0989 e. The molecule has 1 unspecified atom stereocenters. The average Bonchev–Trinajstić information content (AvgIpc) is 2.27. The Morgan fingerprint density at radius 2 is 1.93 bits per heavy atom. The number of nitrogens with one attached hydrogen (secondary N) is 1. The van der Waals surface area contributed by atoms with Crippen molar-refractivity contribution in [1.82, 2.24) is 4.90 Å². The zero-order valence-electron chi connectivity index (χ0n) is 9.84. The third kappa shape index (κ3) is 2.73. The van der Waals surface area contributed by atoms with E-state index in [1.165, 1.54) is 32.1 Å². The van der Waals surface area contributed by atoms with Crippen LogP contribution >= 0.6 is 0 Å². The highest BCUT2D eigenvalue weighted by Gasteiger charge is 2.22. The van der Waals surface area contributed by atoms with Gasteiger partial charge >= 0.3 is 0 Å². The second kappa shape index (κ2) is 5.38. The van der Waals surface area contributed by atoms with Crippen LogP contribution in [0.2, 0.25) is 0 Å². The molecule has 0 aromatic carbocycles. The largest absolute Gasteiger partial charge is 0.361 e. The van der Waals surface area contributed by atoms with Crippen molar-refractivity contribution in [1.29, 1.82) is 5.41 Å². The fraction of sp³-hybridized carbons (Fsp3) is 0.917. The second-order valence-electron chi connectivity index (χ2n) is 4.59. The Morgan fingerprint density at radius 1 is 1.36 bits per heavy atom. The lowest BCUT2D eigenvalue weighted by molar-refractivity contribution is 0.331. The monoisotopic (exact) mass is 196 g/mol. The summed E-state index contributed by atoms with van der Waals surface area (Å²) < 4.78 is 0. The molecule has 1 rings (SSSR count). The summed E-state index contributed by atoms with van der Waals surface area (Å²) in [6.45, 7) is 4.40. The van der Waals surface area contributed by atoms with E-state index in [1.54, 1.807) is 0 Å². The van der Waals surface area contributed by atoms with Gasteiger partial charge in [0, 0.05) is 19.0 Å². The molecule has 1 N–H and O–H groups in total. The van der Waals surface area contributed by atoms with Gasteiger partial charge in [-0.25, -0.2) is 0 Å². The van der Waals surface area contributed by atoms with Crippen molar-refractivity contribution < 1.29 is 0 Å². The minimum Gasteiger partial charge on any atom is -0.361 e. The van der Waals surface area contributed by atoms with E-state index < -0.39 is 0 Å². The van der Waals surface area contributed by atoms with Gasteiger partial charge in [-0.2, -0.15) is 0 Å². The van der Waals surface area contributed by atoms with Crippen LogP contribution in [0.5, 0.6) is 0 Å². The van der Waals surface area contributed by atoms with Gasteiger partial charge in [0.15, 0.2) is 0 Å². The Bertz CT molecular complexity index is 179. The maximum absolute atomic E-state index is 8.15. The van der Waals surface area contributed by atoms with Gasteiger partial charge in [0.25, 0.3) is 0 Å². The standard InChI is InChI=1S/C12H24N2/c1-4-10(2)14(3)12(13)11-8-6-5-7-9-11/h10-11,13H,4-9H2,1-3H3. The maximum atomic E-state index is 8.15. The van der Waals surface area contributed by atoms with Crippen LogP contribution in [0.3, 0.4) is 0 Å². The first kappa shape index (κ1) is 11.5. The zero-order valence-corrected chi connectivity index (χ0v) is 9.84. The summed E-state index contributed by atoms with van der Waals surface area (Å²) in [5, 5.41) is 8.15. The van der Waals surface area contributed by atoms with E-state index in [0.29, 0.717) is 12.0 Å². The van der Waals surface area contributed by atoms with E-state index in [4.69, 9.17) is 5.41 Å². The first-order valence-electron chi connectivity index (χ1n) is 5.98. The van der Waals surface area contributed by atoms with Crippen LogP contribution in [0, 0.1) is 11.3 Å². The van der Waals surface area contributed by atoms with Crippen molar-refractivity contribution in [3.63, 3.8) is 0 Å². The van der Waals surface area contributed by atoms with Crippen LogP contribution in [0.4, 0.5) is 0 Å².